The first-order valence-corrected chi connectivity index (χ1v) is 7.79. The van der Waals surface area contributed by atoms with Crippen LogP contribution in [-0.2, 0) is 20.7 Å². The molecular weight excluding hydrogens is 326 g/mol. The smallest absolute Gasteiger partial charge is 0.310 e. The van der Waals surface area contributed by atoms with E-state index in [9.17, 15) is 9.59 Å². The van der Waals surface area contributed by atoms with Gasteiger partial charge in [0.2, 0.25) is 0 Å². The van der Waals surface area contributed by atoms with Gasteiger partial charge in [-0.25, -0.2) is 0 Å². The molecule has 2 aromatic rings. The summed E-state index contributed by atoms with van der Waals surface area (Å²) in [6.45, 7) is 0.0921. The summed E-state index contributed by atoms with van der Waals surface area (Å²) in [6, 6.07) is 6.95. The SMILES string of the molecule is COC(=O)C1Cc2[nH]ncc2N(C(=O)COc2ccc(OC)cc2)C1. The van der Waals surface area contributed by atoms with Crippen LogP contribution >= 0.6 is 0 Å². The summed E-state index contributed by atoms with van der Waals surface area (Å²) in [6.07, 6.45) is 2.04. The average Bonchev–Trinajstić information content (AvgIpc) is 3.13. The Balaban J connectivity index is 1.69. The summed E-state index contributed by atoms with van der Waals surface area (Å²) < 4.78 is 15.4. The molecule has 0 saturated carbocycles. The van der Waals surface area contributed by atoms with Crippen molar-refractivity contribution in [1.82, 2.24) is 10.2 Å². The van der Waals surface area contributed by atoms with Crippen LogP contribution in [-0.4, -0.2) is 49.4 Å². The lowest BCUT2D eigenvalue weighted by molar-refractivity contribution is -0.145. The van der Waals surface area contributed by atoms with Crippen molar-refractivity contribution < 1.29 is 23.8 Å². The minimum Gasteiger partial charge on any atom is -0.497 e. The molecule has 3 rings (SSSR count). The van der Waals surface area contributed by atoms with Gasteiger partial charge in [-0.1, -0.05) is 0 Å². The Labute approximate surface area is 144 Å². The molecule has 1 unspecified atom stereocenters. The third kappa shape index (κ3) is 3.57. The molecule has 132 valence electrons. The lowest BCUT2D eigenvalue weighted by atomic mass is 9.97. The molecule has 1 atom stereocenters. The fraction of sp³-hybridized carbons (Fsp3) is 0.353. The summed E-state index contributed by atoms with van der Waals surface area (Å²) in [5, 5.41) is 6.80. The monoisotopic (exact) mass is 345 g/mol. The van der Waals surface area contributed by atoms with Gasteiger partial charge in [0.15, 0.2) is 6.61 Å². The number of methoxy groups -OCH3 is 2. The van der Waals surface area contributed by atoms with Crippen LogP contribution in [0.5, 0.6) is 11.5 Å². The molecule has 0 bridgehead atoms. The number of carbonyl (C=O) groups is 2. The first kappa shape index (κ1) is 16.8. The summed E-state index contributed by atoms with van der Waals surface area (Å²) in [5.74, 6) is 0.228. The lowest BCUT2D eigenvalue weighted by Gasteiger charge is -2.30. The summed E-state index contributed by atoms with van der Waals surface area (Å²) >= 11 is 0. The van der Waals surface area contributed by atoms with Crippen molar-refractivity contribution in [3.05, 3.63) is 36.2 Å². The van der Waals surface area contributed by atoms with Crippen LogP contribution in [0.15, 0.2) is 30.5 Å². The third-order valence-corrected chi connectivity index (χ3v) is 4.10. The van der Waals surface area contributed by atoms with E-state index in [1.54, 1.807) is 37.6 Å². The number of hydrogen-bond acceptors (Lipinski definition) is 6. The predicted molar refractivity (Wildman–Crippen MR) is 88.6 cm³/mol. The van der Waals surface area contributed by atoms with E-state index in [1.807, 2.05) is 0 Å². The number of nitrogens with one attached hydrogen (secondary N) is 1. The zero-order valence-electron chi connectivity index (χ0n) is 14.0. The first-order valence-electron chi connectivity index (χ1n) is 7.79. The van der Waals surface area contributed by atoms with Crippen LogP contribution in [0.1, 0.15) is 5.69 Å². The summed E-state index contributed by atoms with van der Waals surface area (Å²) in [4.78, 5) is 26.0. The Bertz CT molecular complexity index is 756. The van der Waals surface area contributed by atoms with Gasteiger partial charge in [-0.3, -0.25) is 14.7 Å². The molecule has 8 heteroatoms. The second-order valence-corrected chi connectivity index (χ2v) is 5.63. The molecule has 25 heavy (non-hydrogen) atoms. The molecule has 1 N–H and O–H groups in total. The molecule has 0 fully saturated rings. The van der Waals surface area contributed by atoms with Gasteiger partial charge in [-0.2, -0.15) is 5.10 Å². The molecule has 0 aliphatic carbocycles. The van der Waals surface area contributed by atoms with Gasteiger partial charge in [0.25, 0.3) is 5.91 Å². The standard InChI is InChI=1S/C17H19N3O5/c1-23-12-3-5-13(6-4-12)25-10-16(21)20-9-11(17(22)24-2)7-14-15(20)8-18-19-14/h3-6,8,11H,7,9-10H2,1-2H3,(H,18,19). The Kier molecular flexibility index (Phi) is 4.87. The highest BCUT2D eigenvalue weighted by Gasteiger charge is 2.34. The molecule has 8 nitrogen and oxygen atoms in total. The fourth-order valence-corrected chi connectivity index (χ4v) is 2.77. The van der Waals surface area contributed by atoms with Crippen molar-refractivity contribution in [2.75, 3.05) is 32.3 Å². The summed E-state index contributed by atoms with van der Waals surface area (Å²) in [5.41, 5.74) is 1.41. The molecule has 0 saturated heterocycles. The minimum atomic E-state index is -0.428. The minimum absolute atomic E-state index is 0.148. The maximum atomic E-state index is 12.6. The van der Waals surface area contributed by atoms with Gasteiger partial charge in [-0.05, 0) is 24.3 Å². The van der Waals surface area contributed by atoms with Gasteiger partial charge >= 0.3 is 5.97 Å². The van der Waals surface area contributed by atoms with Gasteiger partial charge in [0, 0.05) is 13.0 Å². The number of aromatic amines is 1. The predicted octanol–water partition coefficient (Wildman–Crippen LogP) is 1.18. The maximum Gasteiger partial charge on any atom is 0.310 e. The lowest BCUT2D eigenvalue weighted by Crippen LogP contribution is -2.44. The van der Waals surface area contributed by atoms with Crippen LogP contribution in [0.25, 0.3) is 0 Å². The van der Waals surface area contributed by atoms with E-state index >= 15 is 0 Å². The number of anilines is 1. The van der Waals surface area contributed by atoms with Crippen LogP contribution in [0.2, 0.25) is 0 Å². The van der Waals surface area contributed by atoms with Crippen molar-refractivity contribution >= 4 is 17.6 Å². The molecule has 1 aromatic heterocycles. The molecule has 0 radical (unpaired) electrons. The normalized spacial score (nSPS) is 16.1. The Hall–Kier alpha value is -3.03. The number of carbonyl (C=O) groups excluding carboxylic acids is 2. The van der Waals surface area contributed by atoms with E-state index < -0.39 is 5.92 Å². The highest BCUT2D eigenvalue weighted by atomic mass is 16.5. The van der Waals surface area contributed by atoms with Crippen LogP contribution in [0, 0.1) is 5.92 Å². The van der Waals surface area contributed by atoms with Gasteiger partial charge in [0.1, 0.15) is 11.5 Å². The van der Waals surface area contributed by atoms with E-state index in [2.05, 4.69) is 10.2 Å². The van der Waals surface area contributed by atoms with E-state index in [0.717, 1.165) is 5.69 Å². The molecular formula is C17H19N3O5. The number of hydrogen-bond donors (Lipinski definition) is 1. The van der Waals surface area contributed by atoms with Crippen LogP contribution < -0.4 is 14.4 Å². The number of H-pyrrole nitrogens is 1. The number of fused-ring (bicyclic) bond motifs is 1. The van der Waals surface area contributed by atoms with E-state index in [4.69, 9.17) is 14.2 Å². The first-order chi connectivity index (χ1) is 12.1. The number of amides is 1. The molecule has 0 spiro atoms. The second kappa shape index (κ2) is 7.25. The number of esters is 1. The average molecular weight is 345 g/mol. The quantitative estimate of drug-likeness (QED) is 0.818. The molecule has 2 heterocycles. The zero-order chi connectivity index (χ0) is 17.8. The molecule has 1 amide bonds. The number of ether oxygens (including phenoxy) is 3. The number of rotatable bonds is 5. The van der Waals surface area contributed by atoms with Gasteiger partial charge in [0.05, 0.1) is 37.7 Å². The number of benzene rings is 1. The topological polar surface area (TPSA) is 93.8 Å². The second-order valence-electron chi connectivity index (χ2n) is 5.63. The number of nitrogens with zero attached hydrogens (tertiary/aromatic N) is 2. The molecule has 1 aliphatic rings. The number of aromatic nitrogens is 2. The largest absolute Gasteiger partial charge is 0.497 e. The molecule has 1 aromatic carbocycles. The van der Waals surface area contributed by atoms with Crippen molar-refractivity contribution in [3.63, 3.8) is 0 Å². The Morgan fingerprint density at radius 3 is 2.64 bits per heavy atom. The fourth-order valence-electron chi connectivity index (χ4n) is 2.77. The van der Waals surface area contributed by atoms with Crippen molar-refractivity contribution in [1.29, 1.82) is 0 Å². The van der Waals surface area contributed by atoms with E-state index in [-0.39, 0.29) is 25.0 Å². The van der Waals surface area contributed by atoms with Crippen molar-refractivity contribution in [2.24, 2.45) is 5.92 Å². The third-order valence-electron chi connectivity index (χ3n) is 4.10. The van der Waals surface area contributed by atoms with Crippen LogP contribution in [0.4, 0.5) is 5.69 Å². The highest BCUT2D eigenvalue weighted by molar-refractivity contribution is 5.96. The van der Waals surface area contributed by atoms with Crippen molar-refractivity contribution in [2.45, 2.75) is 6.42 Å². The summed E-state index contributed by atoms with van der Waals surface area (Å²) in [7, 11) is 2.92. The van der Waals surface area contributed by atoms with Gasteiger partial charge in [-0.15, -0.1) is 0 Å². The van der Waals surface area contributed by atoms with E-state index in [0.29, 0.717) is 23.6 Å². The Morgan fingerprint density at radius 2 is 1.96 bits per heavy atom. The van der Waals surface area contributed by atoms with Crippen LogP contribution in [0.3, 0.4) is 0 Å². The Morgan fingerprint density at radius 1 is 1.24 bits per heavy atom. The van der Waals surface area contributed by atoms with Crippen molar-refractivity contribution in [3.8, 4) is 11.5 Å². The van der Waals surface area contributed by atoms with E-state index in [1.165, 1.54) is 12.0 Å². The maximum absolute atomic E-state index is 12.6. The van der Waals surface area contributed by atoms with Gasteiger partial charge < -0.3 is 19.1 Å². The molecule has 1 aliphatic heterocycles. The highest BCUT2D eigenvalue weighted by Crippen LogP contribution is 2.28. The zero-order valence-corrected chi connectivity index (χ0v) is 14.0.